The Kier molecular flexibility index (Phi) is 9.28. The Hall–Kier alpha value is -2.84. The molecule has 9 nitrogen and oxygen atoms in total. The maximum Gasteiger partial charge on any atom is 0.408 e. The first kappa shape index (κ1) is 25.4. The summed E-state index contributed by atoms with van der Waals surface area (Å²) in [5.74, 6) is 0.825. The lowest BCUT2D eigenvalue weighted by molar-refractivity contribution is -0.141. The Bertz CT molecular complexity index is 768. The molecule has 1 saturated heterocycles. The molecular weight excluding hydrogens is 412 g/mol. The maximum absolute atomic E-state index is 12.7. The number of rotatable bonds is 8. The normalized spacial score (nSPS) is 15.6. The van der Waals surface area contributed by atoms with Crippen LogP contribution in [0.15, 0.2) is 18.3 Å². The van der Waals surface area contributed by atoms with Crippen LogP contribution in [0.1, 0.15) is 58.9 Å². The number of nitrogens with one attached hydrogen (secondary N) is 2. The molecule has 0 aliphatic carbocycles. The van der Waals surface area contributed by atoms with E-state index in [2.05, 4.69) is 32.2 Å². The highest BCUT2D eigenvalue weighted by atomic mass is 16.6. The molecule has 1 aromatic heterocycles. The summed E-state index contributed by atoms with van der Waals surface area (Å²) >= 11 is 0. The molecule has 178 valence electrons. The molecule has 0 aromatic carbocycles. The summed E-state index contributed by atoms with van der Waals surface area (Å²) in [4.78, 5) is 43.1. The first-order valence-electron chi connectivity index (χ1n) is 11.1. The van der Waals surface area contributed by atoms with E-state index < -0.39 is 29.6 Å². The third kappa shape index (κ3) is 8.72. The molecule has 0 unspecified atom stereocenters. The van der Waals surface area contributed by atoms with Crippen molar-refractivity contribution >= 4 is 23.8 Å². The van der Waals surface area contributed by atoms with E-state index >= 15 is 0 Å². The van der Waals surface area contributed by atoms with Gasteiger partial charge in [0.1, 0.15) is 17.5 Å². The lowest BCUT2D eigenvalue weighted by Gasteiger charge is -2.31. The number of anilines is 1. The molecule has 1 fully saturated rings. The van der Waals surface area contributed by atoms with Gasteiger partial charge >= 0.3 is 12.1 Å². The van der Waals surface area contributed by atoms with E-state index in [0.717, 1.165) is 43.2 Å². The summed E-state index contributed by atoms with van der Waals surface area (Å²) in [7, 11) is 1.28. The highest BCUT2D eigenvalue weighted by Crippen LogP contribution is 2.21. The van der Waals surface area contributed by atoms with Gasteiger partial charge in [-0.05, 0) is 57.6 Å². The predicted octanol–water partition coefficient (Wildman–Crippen LogP) is 2.78. The Morgan fingerprint density at radius 1 is 1.22 bits per heavy atom. The number of carbonyl (C=O) groups is 3. The van der Waals surface area contributed by atoms with Crippen molar-refractivity contribution in [3.05, 3.63) is 23.9 Å². The van der Waals surface area contributed by atoms with E-state index in [1.165, 1.54) is 7.11 Å². The zero-order valence-corrected chi connectivity index (χ0v) is 19.8. The van der Waals surface area contributed by atoms with Gasteiger partial charge in [-0.25, -0.2) is 9.78 Å². The second kappa shape index (κ2) is 11.7. The number of methoxy groups -OCH3 is 1. The average Bonchev–Trinajstić information content (AvgIpc) is 2.74. The van der Waals surface area contributed by atoms with Crippen molar-refractivity contribution < 1.29 is 23.9 Å². The number of esters is 1. The Morgan fingerprint density at radius 2 is 1.91 bits per heavy atom. The molecule has 0 bridgehead atoms. The SMILES string of the molecule is COC(=O)CC[C@H](NC(=O)OC(C)(C)C)C(=O)NCc1ccc(N2CCC(C)CC2)nc1. The summed E-state index contributed by atoms with van der Waals surface area (Å²) in [6, 6.07) is 2.97. The van der Waals surface area contributed by atoms with Crippen molar-refractivity contribution in [2.75, 3.05) is 25.1 Å². The van der Waals surface area contributed by atoms with Gasteiger partial charge in [0, 0.05) is 32.3 Å². The van der Waals surface area contributed by atoms with Crippen LogP contribution in [-0.2, 0) is 25.6 Å². The minimum absolute atomic E-state index is 0.00487. The quantitative estimate of drug-likeness (QED) is 0.589. The monoisotopic (exact) mass is 448 g/mol. The standard InChI is InChI=1S/C23H36N4O5/c1-16-10-12-27(13-11-16)19-8-6-17(14-24-19)15-25-21(29)18(7-9-20(28)31-5)26-22(30)32-23(2,3)4/h6,8,14,16,18H,7,9-13,15H2,1-5H3,(H,25,29)(H,26,30)/t18-/m0/s1. The van der Waals surface area contributed by atoms with E-state index in [4.69, 9.17) is 4.74 Å². The summed E-state index contributed by atoms with van der Waals surface area (Å²) in [5.41, 5.74) is 0.143. The molecule has 2 N–H and O–H groups in total. The van der Waals surface area contributed by atoms with Crippen LogP contribution in [0.25, 0.3) is 0 Å². The van der Waals surface area contributed by atoms with Gasteiger partial charge in [0.05, 0.1) is 7.11 Å². The minimum atomic E-state index is -0.925. The number of ether oxygens (including phenoxy) is 2. The Morgan fingerprint density at radius 3 is 2.47 bits per heavy atom. The fourth-order valence-electron chi connectivity index (χ4n) is 3.34. The average molecular weight is 449 g/mol. The number of nitrogens with zero attached hydrogens (tertiary/aromatic N) is 2. The summed E-state index contributed by atoms with van der Waals surface area (Å²) in [6.07, 6.45) is 3.45. The number of piperidine rings is 1. The molecule has 2 heterocycles. The summed E-state index contributed by atoms with van der Waals surface area (Å²) in [5, 5.41) is 5.34. The van der Waals surface area contributed by atoms with Crippen molar-refractivity contribution in [3.63, 3.8) is 0 Å². The maximum atomic E-state index is 12.7. The van der Waals surface area contributed by atoms with Crippen LogP contribution < -0.4 is 15.5 Å². The number of amides is 2. The Labute approximate surface area is 190 Å². The first-order chi connectivity index (χ1) is 15.1. The number of aromatic nitrogens is 1. The minimum Gasteiger partial charge on any atom is -0.469 e. The lowest BCUT2D eigenvalue weighted by atomic mass is 9.99. The molecule has 32 heavy (non-hydrogen) atoms. The number of hydrogen-bond donors (Lipinski definition) is 2. The van der Waals surface area contributed by atoms with Gasteiger partial charge in [0.25, 0.3) is 0 Å². The van der Waals surface area contributed by atoms with Gasteiger partial charge in [-0.2, -0.15) is 0 Å². The number of pyridine rings is 1. The smallest absolute Gasteiger partial charge is 0.408 e. The van der Waals surface area contributed by atoms with Crippen molar-refractivity contribution in [2.24, 2.45) is 5.92 Å². The zero-order chi connectivity index (χ0) is 23.7. The van der Waals surface area contributed by atoms with E-state index in [9.17, 15) is 14.4 Å². The topological polar surface area (TPSA) is 110 Å². The van der Waals surface area contributed by atoms with Gasteiger partial charge in [0.2, 0.25) is 5.91 Å². The molecule has 2 rings (SSSR count). The lowest BCUT2D eigenvalue weighted by Crippen LogP contribution is -2.48. The first-order valence-corrected chi connectivity index (χ1v) is 11.1. The van der Waals surface area contributed by atoms with Gasteiger partial charge in [-0.15, -0.1) is 0 Å². The molecule has 1 aliphatic heterocycles. The number of alkyl carbamates (subject to hydrolysis) is 1. The molecule has 1 atom stereocenters. The zero-order valence-electron chi connectivity index (χ0n) is 19.8. The molecule has 1 aromatic rings. The van der Waals surface area contributed by atoms with Crippen LogP contribution in [0.4, 0.5) is 10.6 Å². The van der Waals surface area contributed by atoms with Gasteiger partial charge in [-0.3, -0.25) is 9.59 Å². The molecule has 0 saturated carbocycles. The van der Waals surface area contributed by atoms with E-state index in [1.54, 1.807) is 27.0 Å². The van der Waals surface area contributed by atoms with Crippen LogP contribution in [0.5, 0.6) is 0 Å². The molecular formula is C23H36N4O5. The predicted molar refractivity (Wildman–Crippen MR) is 121 cm³/mol. The second-order valence-corrected chi connectivity index (χ2v) is 9.23. The molecule has 0 spiro atoms. The van der Waals surface area contributed by atoms with Gasteiger partial charge in [-0.1, -0.05) is 13.0 Å². The second-order valence-electron chi connectivity index (χ2n) is 9.23. The highest BCUT2D eigenvalue weighted by Gasteiger charge is 2.25. The van der Waals surface area contributed by atoms with Crippen LogP contribution in [0.2, 0.25) is 0 Å². The largest absolute Gasteiger partial charge is 0.469 e. The molecule has 0 radical (unpaired) electrons. The third-order valence-electron chi connectivity index (χ3n) is 5.26. The van der Waals surface area contributed by atoms with E-state index in [-0.39, 0.29) is 19.4 Å². The van der Waals surface area contributed by atoms with Crippen LogP contribution in [-0.4, -0.2) is 54.8 Å². The van der Waals surface area contributed by atoms with Crippen LogP contribution in [0, 0.1) is 5.92 Å². The highest BCUT2D eigenvalue weighted by molar-refractivity contribution is 5.86. The number of hydrogen-bond acceptors (Lipinski definition) is 7. The van der Waals surface area contributed by atoms with Crippen LogP contribution in [0.3, 0.4) is 0 Å². The van der Waals surface area contributed by atoms with Crippen LogP contribution >= 0.6 is 0 Å². The third-order valence-corrected chi connectivity index (χ3v) is 5.26. The van der Waals surface area contributed by atoms with Crippen molar-refractivity contribution in [1.29, 1.82) is 0 Å². The van der Waals surface area contributed by atoms with Gasteiger partial charge in [0.15, 0.2) is 0 Å². The van der Waals surface area contributed by atoms with E-state index in [1.807, 2.05) is 12.1 Å². The molecule has 2 amide bonds. The fraction of sp³-hybridized carbons (Fsp3) is 0.652. The molecule has 9 heteroatoms. The number of carbonyl (C=O) groups excluding carboxylic acids is 3. The van der Waals surface area contributed by atoms with Crippen molar-refractivity contribution in [1.82, 2.24) is 15.6 Å². The fourth-order valence-corrected chi connectivity index (χ4v) is 3.34. The molecule has 1 aliphatic rings. The Balaban J connectivity index is 1.92. The van der Waals surface area contributed by atoms with Crippen molar-refractivity contribution in [3.8, 4) is 0 Å². The summed E-state index contributed by atoms with van der Waals surface area (Å²) < 4.78 is 9.87. The van der Waals surface area contributed by atoms with E-state index in [0.29, 0.717) is 0 Å². The summed E-state index contributed by atoms with van der Waals surface area (Å²) in [6.45, 7) is 9.73. The van der Waals surface area contributed by atoms with Crippen molar-refractivity contribution in [2.45, 2.75) is 71.6 Å². The van der Waals surface area contributed by atoms with Gasteiger partial charge < -0.3 is 25.0 Å².